The van der Waals surface area contributed by atoms with Crippen molar-refractivity contribution in [1.82, 2.24) is 5.16 Å². The standard InChI is InChI=1S/C15H20N2O2/c1-4-13-14(15(16)17-19-13)11-5-7-12(8-6-11)18-9-10(2)3/h5-8,10H,4,9H2,1-3H3,(H2,16,17). The van der Waals surface area contributed by atoms with E-state index in [-0.39, 0.29) is 0 Å². The summed E-state index contributed by atoms with van der Waals surface area (Å²) in [4.78, 5) is 0. The molecular weight excluding hydrogens is 240 g/mol. The fourth-order valence-corrected chi connectivity index (χ4v) is 1.87. The smallest absolute Gasteiger partial charge is 0.175 e. The molecule has 0 saturated heterocycles. The van der Waals surface area contributed by atoms with Crippen LogP contribution in [0.2, 0.25) is 0 Å². The van der Waals surface area contributed by atoms with Crippen LogP contribution in [0.4, 0.5) is 5.82 Å². The Bertz CT molecular complexity index is 530. The van der Waals surface area contributed by atoms with Gasteiger partial charge in [0.25, 0.3) is 0 Å². The highest BCUT2D eigenvalue weighted by molar-refractivity contribution is 5.75. The maximum absolute atomic E-state index is 5.85. The third-order valence-corrected chi connectivity index (χ3v) is 2.84. The van der Waals surface area contributed by atoms with Crippen molar-refractivity contribution in [2.24, 2.45) is 5.92 Å². The van der Waals surface area contributed by atoms with Crippen molar-refractivity contribution < 1.29 is 9.26 Å². The molecule has 0 radical (unpaired) electrons. The number of anilines is 1. The van der Waals surface area contributed by atoms with E-state index in [0.717, 1.165) is 35.7 Å². The maximum Gasteiger partial charge on any atom is 0.175 e. The largest absolute Gasteiger partial charge is 0.493 e. The predicted octanol–water partition coefficient (Wildman–Crippen LogP) is 3.52. The topological polar surface area (TPSA) is 61.3 Å². The van der Waals surface area contributed by atoms with Crippen molar-refractivity contribution in [2.75, 3.05) is 12.3 Å². The van der Waals surface area contributed by atoms with E-state index in [1.54, 1.807) is 0 Å². The molecule has 0 spiro atoms. The van der Waals surface area contributed by atoms with E-state index in [1.807, 2.05) is 31.2 Å². The summed E-state index contributed by atoms with van der Waals surface area (Å²) in [5, 5.41) is 3.82. The van der Waals surface area contributed by atoms with Gasteiger partial charge in [-0.1, -0.05) is 38.1 Å². The lowest BCUT2D eigenvalue weighted by atomic mass is 10.0. The number of nitrogens with two attached hydrogens (primary N) is 1. The zero-order valence-corrected chi connectivity index (χ0v) is 11.6. The van der Waals surface area contributed by atoms with E-state index >= 15 is 0 Å². The van der Waals surface area contributed by atoms with Crippen LogP contribution in [0, 0.1) is 5.92 Å². The van der Waals surface area contributed by atoms with E-state index in [1.165, 1.54) is 0 Å². The van der Waals surface area contributed by atoms with Gasteiger partial charge in [0.15, 0.2) is 5.82 Å². The van der Waals surface area contributed by atoms with Crippen LogP contribution in [-0.2, 0) is 6.42 Å². The van der Waals surface area contributed by atoms with Crippen LogP contribution in [0.5, 0.6) is 5.75 Å². The van der Waals surface area contributed by atoms with Crippen LogP contribution in [0.1, 0.15) is 26.5 Å². The van der Waals surface area contributed by atoms with Crippen molar-refractivity contribution in [3.05, 3.63) is 30.0 Å². The maximum atomic E-state index is 5.85. The second kappa shape index (κ2) is 5.78. The number of benzene rings is 1. The number of aryl methyl sites for hydroxylation is 1. The quantitative estimate of drug-likeness (QED) is 0.893. The highest BCUT2D eigenvalue weighted by atomic mass is 16.5. The lowest BCUT2D eigenvalue weighted by Crippen LogP contribution is -2.04. The molecule has 2 rings (SSSR count). The molecule has 19 heavy (non-hydrogen) atoms. The number of hydrogen-bond acceptors (Lipinski definition) is 4. The highest BCUT2D eigenvalue weighted by Gasteiger charge is 2.14. The van der Waals surface area contributed by atoms with Crippen molar-refractivity contribution in [3.63, 3.8) is 0 Å². The minimum Gasteiger partial charge on any atom is -0.493 e. The highest BCUT2D eigenvalue weighted by Crippen LogP contribution is 2.31. The second-order valence-corrected chi connectivity index (χ2v) is 4.95. The van der Waals surface area contributed by atoms with Crippen molar-refractivity contribution in [3.8, 4) is 16.9 Å². The monoisotopic (exact) mass is 260 g/mol. The van der Waals surface area contributed by atoms with E-state index in [9.17, 15) is 0 Å². The van der Waals surface area contributed by atoms with Gasteiger partial charge in [-0.05, 0) is 23.6 Å². The Morgan fingerprint density at radius 1 is 1.26 bits per heavy atom. The van der Waals surface area contributed by atoms with Gasteiger partial charge < -0.3 is 15.0 Å². The molecule has 0 aliphatic rings. The van der Waals surface area contributed by atoms with Gasteiger partial charge in [-0.15, -0.1) is 0 Å². The lowest BCUT2D eigenvalue weighted by molar-refractivity contribution is 0.271. The minimum atomic E-state index is 0.438. The number of ether oxygens (including phenoxy) is 1. The van der Waals surface area contributed by atoms with Crippen LogP contribution in [0.15, 0.2) is 28.8 Å². The first-order valence-corrected chi connectivity index (χ1v) is 6.59. The van der Waals surface area contributed by atoms with Crippen molar-refractivity contribution in [1.29, 1.82) is 0 Å². The molecule has 102 valence electrons. The molecule has 2 aromatic rings. The Balaban J connectivity index is 2.20. The van der Waals surface area contributed by atoms with Crippen LogP contribution >= 0.6 is 0 Å². The summed E-state index contributed by atoms with van der Waals surface area (Å²) < 4.78 is 10.9. The third-order valence-electron chi connectivity index (χ3n) is 2.84. The summed E-state index contributed by atoms with van der Waals surface area (Å²) in [5.74, 6) is 2.63. The van der Waals surface area contributed by atoms with Crippen molar-refractivity contribution in [2.45, 2.75) is 27.2 Å². The van der Waals surface area contributed by atoms with Gasteiger partial charge in [-0.2, -0.15) is 0 Å². The van der Waals surface area contributed by atoms with Crippen molar-refractivity contribution >= 4 is 5.82 Å². The fraction of sp³-hybridized carbons (Fsp3) is 0.400. The van der Waals surface area contributed by atoms with E-state index in [0.29, 0.717) is 11.7 Å². The molecule has 0 aliphatic carbocycles. The summed E-state index contributed by atoms with van der Waals surface area (Å²) in [5.41, 5.74) is 7.74. The third kappa shape index (κ3) is 3.08. The van der Waals surface area contributed by atoms with E-state index < -0.39 is 0 Å². The van der Waals surface area contributed by atoms with Gasteiger partial charge in [0.1, 0.15) is 11.5 Å². The molecule has 0 fully saturated rings. The zero-order chi connectivity index (χ0) is 13.8. The van der Waals surface area contributed by atoms with E-state index in [4.69, 9.17) is 15.0 Å². The number of hydrogen-bond donors (Lipinski definition) is 1. The average Bonchev–Trinajstić information content (AvgIpc) is 2.78. The molecular formula is C15H20N2O2. The zero-order valence-electron chi connectivity index (χ0n) is 11.6. The molecule has 0 unspecified atom stereocenters. The molecule has 0 bridgehead atoms. The first-order valence-electron chi connectivity index (χ1n) is 6.59. The molecule has 4 nitrogen and oxygen atoms in total. The van der Waals surface area contributed by atoms with Crippen LogP contribution < -0.4 is 10.5 Å². The minimum absolute atomic E-state index is 0.438. The Morgan fingerprint density at radius 2 is 1.95 bits per heavy atom. The van der Waals surface area contributed by atoms with Crippen LogP contribution in [0.25, 0.3) is 11.1 Å². The molecule has 1 aromatic heterocycles. The molecule has 1 heterocycles. The Morgan fingerprint density at radius 3 is 2.53 bits per heavy atom. The molecule has 0 saturated carbocycles. The normalized spacial score (nSPS) is 10.9. The Kier molecular flexibility index (Phi) is 4.10. The predicted molar refractivity (Wildman–Crippen MR) is 76.1 cm³/mol. The van der Waals surface area contributed by atoms with Gasteiger partial charge in [0.2, 0.25) is 0 Å². The van der Waals surface area contributed by atoms with Gasteiger partial charge in [-0.25, -0.2) is 0 Å². The number of aromatic nitrogens is 1. The van der Waals surface area contributed by atoms with Gasteiger partial charge in [-0.3, -0.25) is 0 Å². The molecule has 4 heteroatoms. The van der Waals surface area contributed by atoms with Gasteiger partial charge >= 0.3 is 0 Å². The summed E-state index contributed by atoms with van der Waals surface area (Å²) in [6.45, 7) is 6.98. The molecule has 2 N–H and O–H groups in total. The average molecular weight is 260 g/mol. The number of nitrogens with zero attached hydrogens (tertiary/aromatic N) is 1. The molecule has 1 aromatic carbocycles. The Labute approximate surface area is 113 Å². The molecule has 0 aliphatic heterocycles. The van der Waals surface area contributed by atoms with E-state index in [2.05, 4.69) is 19.0 Å². The fourth-order valence-electron chi connectivity index (χ4n) is 1.87. The molecule has 0 atom stereocenters. The number of nitrogen functional groups attached to an aromatic ring is 1. The van der Waals surface area contributed by atoms with Gasteiger partial charge in [0.05, 0.1) is 12.2 Å². The molecule has 0 amide bonds. The van der Waals surface area contributed by atoms with Crippen LogP contribution in [-0.4, -0.2) is 11.8 Å². The number of rotatable bonds is 5. The SMILES string of the molecule is CCc1onc(N)c1-c1ccc(OCC(C)C)cc1. The Hall–Kier alpha value is -1.97. The summed E-state index contributed by atoms with van der Waals surface area (Å²) in [7, 11) is 0. The second-order valence-electron chi connectivity index (χ2n) is 4.95. The van der Waals surface area contributed by atoms with Crippen LogP contribution in [0.3, 0.4) is 0 Å². The summed E-state index contributed by atoms with van der Waals surface area (Å²) >= 11 is 0. The summed E-state index contributed by atoms with van der Waals surface area (Å²) in [6, 6.07) is 7.86. The first kappa shape index (κ1) is 13.5. The lowest BCUT2D eigenvalue weighted by Gasteiger charge is -2.09. The summed E-state index contributed by atoms with van der Waals surface area (Å²) in [6.07, 6.45) is 0.769. The first-order chi connectivity index (χ1) is 9.11. The van der Waals surface area contributed by atoms with Gasteiger partial charge in [0, 0.05) is 6.42 Å².